The van der Waals surface area contributed by atoms with Crippen LogP contribution in [-0.2, 0) is 0 Å². The first-order valence-electron chi connectivity index (χ1n) is 3.44. The number of halogens is 3. The van der Waals surface area contributed by atoms with Crippen LogP contribution in [0.25, 0.3) is 0 Å². The number of pyridine rings is 1. The number of carbonyl (C=O) groups excluding carboxylic acids is 1. The van der Waals surface area contributed by atoms with E-state index < -0.39 is 17.7 Å². The van der Waals surface area contributed by atoms with Crippen molar-refractivity contribution in [1.29, 1.82) is 5.26 Å². The minimum absolute atomic E-state index is 0.165. The van der Waals surface area contributed by atoms with Crippen molar-refractivity contribution in [3.8, 4) is 6.07 Å². The summed E-state index contributed by atoms with van der Waals surface area (Å²) >= 11 is 5.47. The van der Waals surface area contributed by atoms with E-state index in [2.05, 4.69) is 4.98 Å². The number of alkyl halides is 2. The van der Waals surface area contributed by atoms with E-state index in [0.29, 0.717) is 0 Å². The van der Waals surface area contributed by atoms with Crippen LogP contribution in [0.5, 0.6) is 0 Å². The molecule has 6 heteroatoms. The molecule has 0 aliphatic carbocycles. The van der Waals surface area contributed by atoms with Gasteiger partial charge in [-0.25, -0.2) is 13.8 Å². The summed E-state index contributed by atoms with van der Waals surface area (Å²) in [6.07, 6.45) is -2.67. The lowest BCUT2D eigenvalue weighted by Crippen LogP contribution is -2.00. The number of nitriles is 1. The fourth-order valence-electron chi connectivity index (χ4n) is 0.865. The number of aldehydes is 1. The van der Waals surface area contributed by atoms with Crippen LogP contribution in [0.3, 0.4) is 0 Å². The van der Waals surface area contributed by atoms with Crippen molar-refractivity contribution in [3.05, 3.63) is 28.0 Å². The highest BCUT2D eigenvalue weighted by atomic mass is 35.5. The average molecular weight is 217 g/mol. The summed E-state index contributed by atoms with van der Waals surface area (Å²) in [6, 6.07) is 2.47. The molecule has 0 aromatic carbocycles. The number of nitrogens with zero attached hydrogens (tertiary/aromatic N) is 2. The van der Waals surface area contributed by atoms with Gasteiger partial charge in [0.1, 0.15) is 11.8 Å². The Morgan fingerprint density at radius 3 is 2.71 bits per heavy atom. The quantitative estimate of drug-likeness (QED) is 0.713. The third-order valence-corrected chi connectivity index (χ3v) is 1.78. The van der Waals surface area contributed by atoms with Gasteiger partial charge in [-0.3, -0.25) is 4.79 Å². The first-order valence-corrected chi connectivity index (χ1v) is 3.81. The van der Waals surface area contributed by atoms with E-state index in [-0.39, 0.29) is 17.0 Å². The van der Waals surface area contributed by atoms with Crippen LogP contribution in [-0.4, -0.2) is 11.3 Å². The van der Waals surface area contributed by atoms with E-state index in [4.69, 9.17) is 16.9 Å². The van der Waals surface area contributed by atoms with Gasteiger partial charge in [0, 0.05) is 5.56 Å². The van der Waals surface area contributed by atoms with Gasteiger partial charge in [0.05, 0.1) is 5.02 Å². The van der Waals surface area contributed by atoms with Crippen LogP contribution in [0.4, 0.5) is 8.78 Å². The molecule has 0 radical (unpaired) electrons. The summed E-state index contributed by atoms with van der Waals surface area (Å²) in [5, 5.41) is 8.28. The lowest BCUT2D eigenvalue weighted by Gasteiger charge is -2.03. The Kier molecular flexibility index (Phi) is 3.10. The van der Waals surface area contributed by atoms with Crippen LogP contribution in [0.2, 0.25) is 5.02 Å². The van der Waals surface area contributed by atoms with Gasteiger partial charge in [0.15, 0.2) is 12.0 Å². The molecule has 0 atom stereocenters. The summed E-state index contributed by atoms with van der Waals surface area (Å²) < 4.78 is 24.6. The molecule has 0 aliphatic rings. The van der Waals surface area contributed by atoms with Crippen LogP contribution >= 0.6 is 11.6 Å². The zero-order chi connectivity index (χ0) is 10.7. The third kappa shape index (κ3) is 1.86. The second-order valence-electron chi connectivity index (χ2n) is 2.32. The maximum atomic E-state index is 12.3. The largest absolute Gasteiger partial charge is 0.296 e. The fourth-order valence-corrected chi connectivity index (χ4v) is 1.07. The SMILES string of the molecule is N#Cc1nc(C=O)c(C(F)F)cc1Cl. The molecule has 0 aliphatic heterocycles. The number of rotatable bonds is 2. The normalized spacial score (nSPS) is 9.93. The predicted octanol–water partition coefficient (Wildman–Crippen LogP) is 2.36. The number of hydrogen-bond acceptors (Lipinski definition) is 3. The van der Waals surface area contributed by atoms with E-state index in [1.165, 1.54) is 0 Å². The monoisotopic (exact) mass is 216 g/mol. The van der Waals surface area contributed by atoms with Crippen LogP contribution in [0, 0.1) is 11.3 Å². The second kappa shape index (κ2) is 4.11. The molecule has 3 nitrogen and oxygen atoms in total. The van der Waals surface area contributed by atoms with E-state index in [1.54, 1.807) is 6.07 Å². The molecule has 0 saturated carbocycles. The number of hydrogen-bond donors (Lipinski definition) is 0. The smallest absolute Gasteiger partial charge is 0.266 e. The van der Waals surface area contributed by atoms with Gasteiger partial charge < -0.3 is 0 Å². The Bertz CT molecular complexity index is 415. The summed E-state index contributed by atoms with van der Waals surface area (Å²) in [6.45, 7) is 0. The van der Waals surface area contributed by atoms with Gasteiger partial charge in [-0.05, 0) is 6.07 Å². The molecule has 0 bridgehead atoms. The van der Waals surface area contributed by atoms with Crippen LogP contribution < -0.4 is 0 Å². The molecule has 0 spiro atoms. The van der Waals surface area contributed by atoms with Crippen molar-refractivity contribution < 1.29 is 13.6 Å². The highest BCUT2D eigenvalue weighted by Crippen LogP contribution is 2.25. The van der Waals surface area contributed by atoms with Crippen molar-refractivity contribution in [2.24, 2.45) is 0 Å². The van der Waals surface area contributed by atoms with Crippen molar-refractivity contribution in [1.82, 2.24) is 4.98 Å². The highest BCUT2D eigenvalue weighted by molar-refractivity contribution is 6.31. The molecular weight excluding hydrogens is 214 g/mol. The molecule has 1 aromatic rings. The lowest BCUT2D eigenvalue weighted by atomic mass is 10.2. The average Bonchev–Trinajstić information content (AvgIpc) is 2.17. The van der Waals surface area contributed by atoms with Gasteiger partial charge >= 0.3 is 0 Å². The van der Waals surface area contributed by atoms with Crippen molar-refractivity contribution >= 4 is 17.9 Å². The van der Waals surface area contributed by atoms with E-state index in [1.807, 2.05) is 0 Å². The molecule has 1 heterocycles. The van der Waals surface area contributed by atoms with E-state index in [0.717, 1.165) is 6.07 Å². The Morgan fingerprint density at radius 2 is 2.29 bits per heavy atom. The molecule has 0 N–H and O–H groups in total. The molecule has 1 rings (SSSR count). The van der Waals surface area contributed by atoms with Crippen molar-refractivity contribution in [2.75, 3.05) is 0 Å². The second-order valence-corrected chi connectivity index (χ2v) is 2.73. The topological polar surface area (TPSA) is 53.8 Å². The Hall–Kier alpha value is -1.54. The van der Waals surface area contributed by atoms with Gasteiger partial charge in [-0.2, -0.15) is 5.26 Å². The predicted molar refractivity (Wildman–Crippen MR) is 44.3 cm³/mol. The van der Waals surface area contributed by atoms with Gasteiger partial charge in [-0.1, -0.05) is 11.6 Å². The molecule has 0 amide bonds. The van der Waals surface area contributed by atoms with Gasteiger partial charge in [-0.15, -0.1) is 0 Å². The van der Waals surface area contributed by atoms with E-state index >= 15 is 0 Å². The summed E-state index contributed by atoms with van der Waals surface area (Å²) in [5.74, 6) is 0. The minimum Gasteiger partial charge on any atom is -0.296 e. The molecule has 0 unspecified atom stereocenters. The van der Waals surface area contributed by atoms with Gasteiger partial charge in [0.2, 0.25) is 0 Å². The Morgan fingerprint density at radius 1 is 1.64 bits per heavy atom. The summed E-state index contributed by atoms with van der Waals surface area (Å²) in [4.78, 5) is 13.8. The molecule has 72 valence electrons. The number of aromatic nitrogens is 1. The van der Waals surface area contributed by atoms with E-state index in [9.17, 15) is 13.6 Å². The molecule has 14 heavy (non-hydrogen) atoms. The number of carbonyl (C=O) groups is 1. The zero-order valence-corrected chi connectivity index (χ0v) is 7.42. The standard InChI is InChI=1S/C8H3ClF2N2O/c9-5-1-4(8(10)11)7(3-14)13-6(5)2-12/h1,3,8H. The summed E-state index contributed by atoms with van der Waals surface area (Å²) in [7, 11) is 0. The lowest BCUT2D eigenvalue weighted by molar-refractivity contribution is 0.110. The maximum Gasteiger partial charge on any atom is 0.266 e. The first-order chi connectivity index (χ1) is 6.60. The van der Waals surface area contributed by atoms with Crippen LogP contribution in [0.15, 0.2) is 6.07 Å². The molecule has 1 aromatic heterocycles. The Balaban J connectivity index is 3.40. The van der Waals surface area contributed by atoms with Crippen molar-refractivity contribution in [2.45, 2.75) is 6.43 Å². The first kappa shape index (κ1) is 10.5. The summed E-state index contributed by atoms with van der Waals surface area (Å²) in [5.41, 5.74) is -1.26. The third-order valence-electron chi connectivity index (χ3n) is 1.49. The molecular formula is C8H3ClF2N2O. The zero-order valence-electron chi connectivity index (χ0n) is 6.67. The van der Waals surface area contributed by atoms with Crippen LogP contribution in [0.1, 0.15) is 28.2 Å². The molecule has 0 fully saturated rings. The fraction of sp³-hybridized carbons (Fsp3) is 0.125. The van der Waals surface area contributed by atoms with Crippen molar-refractivity contribution in [3.63, 3.8) is 0 Å². The highest BCUT2D eigenvalue weighted by Gasteiger charge is 2.17. The Labute approximate surface area is 82.9 Å². The maximum absolute atomic E-state index is 12.3. The minimum atomic E-state index is -2.84. The molecule has 0 saturated heterocycles. The van der Waals surface area contributed by atoms with Gasteiger partial charge in [0.25, 0.3) is 6.43 Å².